The summed E-state index contributed by atoms with van der Waals surface area (Å²) >= 11 is 0. The van der Waals surface area contributed by atoms with Crippen LogP contribution in [0.15, 0.2) is 36.4 Å². The molecule has 0 aliphatic carbocycles. The van der Waals surface area contributed by atoms with E-state index in [0.29, 0.717) is 17.0 Å². The summed E-state index contributed by atoms with van der Waals surface area (Å²) in [6.07, 6.45) is 0. The van der Waals surface area contributed by atoms with Gasteiger partial charge in [0.25, 0.3) is 5.69 Å². The van der Waals surface area contributed by atoms with Gasteiger partial charge in [-0.25, -0.2) is 4.39 Å². The minimum atomic E-state index is -0.503. The molecule has 0 aliphatic heterocycles. The second-order valence-electron chi connectivity index (χ2n) is 4.59. The Kier molecular flexibility index (Phi) is 4.37. The molecule has 0 spiro atoms. The van der Waals surface area contributed by atoms with Gasteiger partial charge in [0, 0.05) is 12.1 Å². The summed E-state index contributed by atoms with van der Waals surface area (Å²) in [5, 5.41) is 14.0. The quantitative estimate of drug-likeness (QED) is 0.674. The number of rotatable bonds is 5. The lowest BCUT2D eigenvalue weighted by atomic mass is 10.1. The van der Waals surface area contributed by atoms with Crippen LogP contribution >= 0.6 is 0 Å². The summed E-state index contributed by atoms with van der Waals surface area (Å²) in [5.41, 5.74) is 1.60. The number of nitro benzene ring substituents is 1. The molecular formula is C15H15FN2O3. The fraction of sp³-hybridized carbons (Fsp3) is 0.200. The summed E-state index contributed by atoms with van der Waals surface area (Å²) in [4.78, 5) is 10.6. The zero-order chi connectivity index (χ0) is 15.4. The van der Waals surface area contributed by atoms with E-state index in [-0.39, 0.29) is 18.0 Å². The van der Waals surface area contributed by atoms with Crippen LogP contribution in [-0.4, -0.2) is 12.0 Å². The Morgan fingerprint density at radius 1 is 1.29 bits per heavy atom. The maximum absolute atomic E-state index is 13.7. The van der Waals surface area contributed by atoms with Crippen LogP contribution < -0.4 is 10.1 Å². The van der Waals surface area contributed by atoms with Gasteiger partial charge in [0.1, 0.15) is 17.3 Å². The Morgan fingerprint density at radius 2 is 2.05 bits per heavy atom. The molecule has 0 aromatic heterocycles. The van der Waals surface area contributed by atoms with Gasteiger partial charge in [-0.05, 0) is 25.1 Å². The largest absolute Gasteiger partial charge is 0.496 e. The molecule has 6 heteroatoms. The van der Waals surface area contributed by atoms with Gasteiger partial charge in [-0.2, -0.15) is 0 Å². The van der Waals surface area contributed by atoms with E-state index in [0.717, 1.165) is 5.56 Å². The van der Waals surface area contributed by atoms with Crippen molar-refractivity contribution < 1.29 is 14.1 Å². The van der Waals surface area contributed by atoms with Gasteiger partial charge in [-0.15, -0.1) is 0 Å². The first-order chi connectivity index (χ1) is 10.0. The SMILES string of the molecule is COc1ccc(NCc2cc(C)ccc2F)c([N+](=O)[O-])c1. The molecule has 2 aromatic carbocycles. The summed E-state index contributed by atoms with van der Waals surface area (Å²) in [7, 11) is 1.44. The predicted octanol–water partition coefficient (Wildman–Crippen LogP) is 3.66. The van der Waals surface area contributed by atoms with Gasteiger partial charge >= 0.3 is 0 Å². The average Bonchev–Trinajstić information content (AvgIpc) is 2.48. The van der Waals surface area contributed by atoms with E-state index in [9.17, 15) is 14.5 Å². The molecule has 0 bridgehead atoms. The second kappa shape index (κ2) is 6.21. The summed E-state index contributed by atoms with van der Waals surface area (Å²) in [5.74, 6) is 0.0539. The van der Waals surface area contributed by atoms with Crippen LogP contribution in [0.25, 0.3) is 0 Å². The number of anilines is 1. The molecular weight excluding hydrogens is 275 g/mol. The standard InChI is InChI=1S/C15H15FN2O3/c1-10-3-5-13(16)11(7-10)9-17-14-6-4-12(21-2)8-15(14)18(19)20/h3-8,17H,9H2,1-2H3. The van der Waals surface area contributed by atoms with Crippen LogP contribution in [0.5, 0.6) is 5.75 Å². The van der Waals surface area contributed by atoms with E-state index in [4.69, 9.17) is 4.74 Å². The minimum absolute atomic E-state index is 0.109. The number of ether oxygens (including phenoxy) is 1. The fourth-order valence-electron chi connectivity index (χ4n) is 1.97. The molecule has 0 unspecified atom stereocenters. The lowest BCUT2D eigenvalue weighted by molar-refractivity contribution is -0.384. The molecule has 0 atom stereocenters. The number of hydrogen-bond acceptors (Lipinski definition) is 4. The van der Waals surface area contributed by atoms with E-state index >= 15 is 0 Å². The number of methoxy groups -OCH3 is 1. The maximum Gasteiger partial charge on any atom is 0.296 e. The monoisotopic (exact) mass is 290 g/mol. The second-order valence-corrected chi connectivity index (χ2v) is 4.59. The molecule has 0 amide bonds. The number of hydrogen-bond donors (Lipinski definition) is 1. The van der Waals surface area contributed by atoms with Crippen molar-refractivity contribution in [2.24, 2.45) is 0 Å². The van der Waals surface area contributed by atoms with Crippen LogP contribution in [0.1, 0.15) is 11.1 Å². The van der Waals surface area contributed by atoms with Crippen molar-refractivity contribution in [3.05, 3.63) is 63.5 Å². The Morgan fingerprint density at radius 3 is 2.71 bits per heavy atom. The van der Waals surface area contributed by atoms with Crippen LogP contribution in [0, 0.1) is 22.9 Å². The first kappa shape index (κ1) is 14.8. The van der Waals surface area contributed by atoms with Crippen molar-refractivity contribution in [3.8, 4) is 5.75 Å². The molecule has 0 radical (unpaired) electrons. The number of halogens is 1. The molecule has 21 heavy (non-hydrogen) atoms. The predicted molar refractivity (Wildman–Crippen MR) is 78.1 cm³/mol. The lowest BCUT2D eigenvalue weighted by Crippen LogP contribution is -2.05. The smallest absolute Gasteiger partial charge is 0.296 e. The molecule has 2 rings (SSSR count). The van der Waals surface area contributed by atoms with Crippen molar-refractivity contribution in [2.75, 3.05) is 12.4 Å². The van der Waals surface area contributed by atoms with E-state index in [1.807, 2.05) is 6.92 Å². The summed E-state index contributed by atoms with van der Waals surface area (Å²) in [6, 6.07) is 9.25. The van der Waals surface area contributed by atoms with Gasteiger partial charge in [-0.1, -0.05) is 17.7 Å². The normalized spacial score (nSPS) is 10.2. The van der Waals surface area contributed by atoms with Gasteiger partial charge in [0.05, 0.1) is 18.1 Å². The zero-order valence-electron chi connectivity index (χ0n) is 11.7. The van der Waals surface area contributed by atoms with Crippen molar-refractivity contribution in [2.45, 2.75) is 13.5 Å². The maximum atomic E-state index is 13.7. The summed E-state index contributed by atoms with van der Waals surface area (Å²) < 4.78 is 18.6. The average molecular weight is 290 g/mol. The Balaban J connectivity index is 2.23. The van der Waals surface area contributed by atoms with E-state index in [2.05, 4.69) is 5.32 Å². The third-order valence-electron chi connectivity index (χ3n) is 3.07. The number of nitrogens with zero attached hydrogens (tertiary/aromatic N) is 1. The first-order valence-corrected chi connectivity index (χ1v) is 6.32. The van der Waals surface area contributed by atoms with Gasteiger partial charge in [0.2, 0.25) is 0 Å². The molecule has 0 saturated heterocycles. The molecule has 5 nitrogen and oxygen atoms in total. The van der Waals surface area contributed by atoms with Gasteiger partial charge in [-0.3, -0.25) is 10.1 Å². The minimum Gasteiger partial charge on any atom is -0.496 e. The Bertz CT molecular complexity index is 674. The van der Waals surface area contributed by atoms with Crippen LogP contribution in [0.2, 0.25) is 0 Å². The molecule has 0 fully saturated rings. The van der Waals surface area contributed by atoms with Crippen molar-refractivity contribution >= 4 is 11.4 Å². The topological polar surface area (TPSA) is 64.4 Å². The fourth-order valence-corrected chi connectivity index (χ4v) is 1.97. The number of nitro groups is 1. The number of nitrogens with one attached hydrogen (secondary N) is 1. The Labute approximate surface area is 121 Å². The first-order valence-electron chi connectivity index (χ1n) is 6.32. The highest BCUT2D eigenvalue weighted by atomic mass is 19.1. The molecule has 110 valence electrons. The Hall–Kier alpha value is -2.63. The zero-order valence-corrected chi connectivity index (χ0v) is 11.7. The third-order valence-corrected chi connectivity index (χ3v) is 3.07. The summed E-state index contributed by atoms with van der Waals surface area (Å²) in [6.45, 7) is 2.03. The highest BCUT2D eigenvalue weighted by molar-refractivity contribution is 5.64. The highest BCUT2D eigenvalue weighted by Crippen LogP contribution is 2.29. The van der Waals surface area contributed by atoms with Gasteiger partial charge < -0.3 is 10.1 Å². The van der Waals surface area contributed by atoms with E-state index < -0.39 is 4.92 Å². The molecule has 0 heterocycles. The van der Waals surface area contributed by atoms with Crippen LogP contribution in [0.3, 0.4) is 0 Å². The van der Waals surface area contributed by atoms with Crippen LogP contribution in [-0.2, 0) is 6.54 Å². The molecule has 0 aliphatic rings. The van der Waals surface area contributed by atoms with Crippen LogP contribution in [0.4, 0.5) is 15.8 Å². The number of aryl methyl sites for hydroxylation is 1. The van der Waals surface area contributed by atoms with Crippen molar-refractivity contribution in [1.29, 1.82) is 0 Å². The number of benzene rings is 2. The van der Waals surface area contributed by atoms with Gasteiger partial charge in [0.15, 0.2) is 0 Å². The van der Waals surface area contributed by atoms with E-state index in [1.165, 1.54) is 19.2 Å². The van der Waals surface area contributed by atoms with Crippen molar-refractivity contribution in [1.82, 2.24) is 0 Å². The molecule has 0 saturated carbocycles. The van der Waals surface area contributed by atoms with Crippen molar-refractivity contribution in [3.63, 3.8) is 0 Å². The molecule has 2 aromatic rings. The highest BCUT2D eigenvalue weighted by Gasteiger charge is 2.15. The van der Waals surface area contributed by atoms with E-state index in [1.54, 1.807) is 24.3 Å². The molecule has 1 N–H and O–H groups in total. The third kappa shape index (κ3) is 3.47. The lowest BCUT2D eigenvalue weighted by Gasteiger charge is -2.09.